The number of hydrogen-bond acceptors (Lipinski definition) is 7. The van der Waals surface area contributed by atoms with Crippen LogP contribution < -0.4 is 10.2 Å². The van der Waals surface area contributed by atoms with E-state index in [1.54, 1.807) is 19.1 Å². The van der Waals surface area contributed by atoms with Gasteiger partial charge in [0.25, 0.3) is 5.69 Å². The number of nitro groups is 1. The molecule has 1 fully saturated rings. The summed E-state index contributed by atoms with van der Waals surface area (Å²) >= 11 is 12.2. The number of likely N-dealkylation sites (N-methyl/N-ethyl adjacent to an activating group) is 1. The smallest absolute Gasteiger partial charge is 0.336 e. The Hall–Kier alpha value is -3.07. The number of hydrogen-bond donors (Lipinski definition) is 1. The summed E-state index contributed by atoms with van der Waals surface area (Å²) in [6, 6.07) is 12.1. The van der Waals surface area contributed by atoms with Gasteiger partial charge in [-0.25, -0.2) is 4.79 Å². The molecule has 1 atom stereocenters. The fourth-order valence-electron chi connectivity index (χ4n) is 4.50. The quantitative estimate of drug-likeness (QED) is 0.289. The number of non-ortho nitro benzene ring substituents is 1. The molecule has 0 saturated carbocycles. The predicted molar refractivity (Wildman–Crippen MR) is 148 cm³/mol. The Labute approximate surface area is 227 Å². The number of esters is 1. The van der Waals surface area contributed by atoms with Crippen molar-refractivity contribution in [1.82, 2.24) is 10.2 Å². The van der Waals surface area contributed by atoms with Crippen LogP contribution in [0.1, 0.15) is 32.3 Å². The molecule has 1 N–H and O–H groups in total. The van der Waals surface area contributed by atoms with E-state index < -0.39 is 10.9 Å². The van der Waals surface area contributed by atoms with E-state index >= 15 is 0 Å². The summed E-state index contributed by atoms with van der Waals surface area (Å²) in [5.41, 5.74) is 3.78. The minimum atomic E-state index is -0.449. The molecular weight excluding hydrogens is 515 g/mol. The van der Waals surface area contributed by atoms with E-state index in [9.17, 15) is 14.9 Å². The van der Waals surface area contributed by atoms with Crippen LogP contribution in [0.5, 0.6) is 0 Å². The highest BCUT2D eigenvalue weighted by atomic mass is 35.5. The number of ether oxygens (including phenoxy) is 1. The zero-order valence-electron chi connectivity index (χ0n) is 21.5. The van der Waals surface area contributed by atoms with Crippen molar-refractivity contribution < 1.29 is 14.5 Å². The highest BCUT2D eigenvalue weighted by Gasteiger charge is 2.28. The number of nitrogens with zero attached hydrogens (tertiary/aromatic N) is 3. The molecule has 198 valence electrons. The van der Waals surface area contributed by atoms with Crippen molar-refractivity contribution >= 4 is 40.5 Å². The summed E-state index contributed by atoms with van der Waals surface area (Å²) < 4.78 is 4.82. The van der Waals surface area contributed by atoms with Gasteiger partial charge < -0.3 is 19.9 Å². The van der Waals surface area contributed by atoms with Crippen molar-refractivity contribution in [2.45, 2.75) is 26.7 Å². The lowest BCUT2D eigenvalue weighted by atomic mass is 9.86. The van der Waals surface area contributed by atoms with E-state index in [0.29, 0.717) is 26.9 Å². The van der Waals surface area contributed by atoms with Crippen LogP contribution in [0, 0.1) is 10.1 Å². The number of nitrogens with one attached hydrogen (secondary N) is 1. The molecule has 2 aliphatic heterocycles. The fourth-order valence-corrected chi connectivity index (χ4v) is 4.91. The number of carbonyl (C=O) groups excluding carboxylic acids is 1. The van der Waals surface area contributed by atoms with Gasteiger partial charge in [-0.1, -0.05) is 54.4 Å². The van der Waals surface area contributed by atoms with Crippen molar-refractivity contribution in [3.63, 3.8) is 0 Å². The molecule has 0 aliphatic carbocycles. The van der Waals surface area contributed by atoms with Gasteiger partial charge in [0.15, 0.2) is 0 Å². The van der Waals surface area contributed by atoms with Crippen molar-refractivity contribution in [3.8, 4) is 0 Å². The molecule has 0 bridgehead atoms. The van der Waals surface area contributed by atoms with Gasteiger partial charge in [-0.15, -0.1) is 0 Å². The van der Waals surface area contributed by atoms with Gasteiger partial charge in [0.2, 0.25) is 0 Å². The van der Waals surface area contributed by atoms with Crippen LogP contribution in [0.15, 0.2) is 65.5 Å². The third-order valence-electron chi connectivity index (χ3n) is 6.45. The van der Waals surface area contributed by atoms with E-state index in [1.165, 1.54) is 19.2 Å². The van der Waals surface area contributed by atoms with Gasteiger partial charge >= 0.3 is 5.97 Å². The van der Waals surface area contributed by atoms with Gasteiger partial charge in [-0.2, -0.15) is 0 Å². The molecule has 2 aromatic rings. The number of rotatable bonds is 5. The van der Waals surface area contributed by atoms with Crippen LogP contribution in [-0.4, -0.2) is 55.6 Å². The van der Waals surface area contributed by atoms with Gasteiger partial charge in [-0.3, -0.25) is 10.1 Å². The average molecular weight is 547 g/mol. The Morgan fingerprint density at radius 2 is 1.81 bits per heavy atom. The summed E-state index contributed by atoms with van der Waals surface area (Å²) in [5.74, 6) is -0.807. The standard InChI is InChI=1S/C15H16N2O4.C12H16Cl2N2/c1-9-7-13(14(10(2)16-9)15(18)21-3)11-5-4-6-12(8-11)17(19)20;1-2-15-6-8-16(9-7-15)11-5-3-4-10(13)12(11)14/h4-8,13,16H,1-3H3;3-5H,2,6-9H2,1H3. The first-order chi connectivity index (χ1) is 17.7. The second kappa shape index (κ2) is 12.9. The van der Waals surface area contributed by atoms with Crippen molar-refractivity contribution in [2.24, 2.45) is 0 Å². The fraction of sp³-hybridized carbons (Fsp3) is 0.370. The Balaban J connectivity index is 0.000000213. The molecule has 4 rings (SSSR count). The Kier molecular flexibility index (Phi) is 9.97. The first-order valence-corrected chi connectivity index (χ1v) is 12.8. The number of carbonyl (C=O) groups is 1. The molecule has 0 radical (unpaired) electrons. The maximum Gasteiger partial charge on any atom is 0.336 e. The van der Waals surface area contributed by atoms with Gasteiger partial charge in [-0.05, 0) is 38.1 Å². The van der Waals surface area contributed by atoms with E-state index in [1.807, 2.05) is 31.2 Å². The lowest BCUT2D eigenvalue weighted by molar-refractivity contribution is -0.384. The second-order valence-corrected chi connectivity index (χ2v) is 9.61. The summed E-state index contributed by atoms with van der Waals surface area (Å²) in [6.45, 7) is 11.2. The molecule has 2 aliphatic rings. The number of nitro benzene ring substituents is 1. The minimum absolute atomic E-state index is 0.000968. The monoisotopic (exact) mass is 546 g/mol. The van der Waals surface area contributed by atoms with E-state index in [4.69, 9.17) is 27.9 Å². The van der Waals surface area contributed by atoms with E-state index in [-0.39, 0.29) is 11.6 Å². The van der Waals surface area contributed by atoms with Gasteiger partial charge in [0.05, 0.1) is 33.3 Å². The van der Waals surface area contributed by atoms with Gasteiger partial charge in [0.1, 0.15) is 0 Å². The van der Waals surface area contributed by atoms with E-state index in [2.05, 4.69) is 22.0 Å². The number of dihydropyridines is 1. The zero-order chi connectivity index (χ0) is 27.1. The van der Waals surface area contributed by atoms with Crippen LogP contribution in [0.2, 0.25) is 10.0 Å². The lowest BCUT2D eigenvalue weighted by Crippen LogP contribution is -2.46. The summed E-state index contributed by atoms with van der Waals surface area (Å²) in [6.07, 6.45) is 1.86. The number of anilines is 1. The normalized spacial score (nSPS) is 17.8. The number of methoxy groups -OCH3 is 1. The zero-order valence-corrected chi connectivity index (χ0v) is 23.0. The molecular formula is C27H32Cl2N4O4. The van der Waals surface area contributed by atoms with Crippen LogP contribution in [-0.2, 0) is 9.53 Å². The SMILES string of the molecule is CCN1CCN(c2cccc(Cl)c2Cl)CC1.COC(=O)C1=C(C)NC(C)=CC1c1cccc([N+](=O)[O-])c1. The van der Waals surface area contributed by atoms with Crippen molar-refractivity contribution in [1.29, 1.82) is 0 Å². The van der Waals surface area contributed by atoms with Crippen LogP contribution in [0.4, 0.5) is 11.4 Å². The molecule has 2 aromatic carbocycles. The second-order valence-electron chi connectivity index (χ2n) is 8.83. The Morgan fingerprint density at radius 3 is 2.43 bits per heavy atom. The molecule has 37 heavy (non-hydrogen) atoms. The lowest BCUT2D eigenvalue weighted by Gasteiger charge is -2.36. The molecule has 1 saturated heterocycles. The summed E-state index contributed by atoms with van der Waals surface area (Å²) in [7, 11) is 1.32. The summed E-state index contributed by atoms with van der Waals surface area (Å²) in [4.78, 5) is 27.2. The molecule has 2 heterocycles. The molecule has 0 aromatic heterocycles. The summed E-state index contributed by atoms with van der Waals surface area (Å²) in [5, 5.41) is 15.3. The van der Waals surface area contributed by atoms with Crippen molar-refractivity contribution in [2.75, 3.05) is 44.7 Å². The third kappa shape index (κ3) is 7.03. The Morgan fingerprint density at radius 1 is 1.14 bits per heavy atom. The number of halogens is 2. The molecule has 10 heteroatoms. The largest absolute Gasteiger partial charge is 0.466 e. The molecule has 0 spiro atoms. The number of piperazine rings is 1. The third-order valence-corrected chi connectivity index (χ3v) is 7.26. The maximum atomic E-state index is 12.0. The predicted octanol–water partition coefficient (Wildman–Crippen LogP) is 5.77. The van der Waals surface area contributed by atoms with Crippen LogP contribution in [0.25, 0.3) is 0 Å². The van der Waals surface area contributed by atoms with Crippen molar-refractivity contribution in [3.05, 3.63) is 91.2 Å². The number of allylic oxidation sites excluding steroid dienone is 3. The van der Waals surface area contributed by atoms with Crippen LogP contribution >= 0.6 is 23.2 Å². The highest BCUT2D eigenvalue weighted by molar-refractivity contribution is 6.43. The molecule has 1 unspecified atom stereocenters. The maximum absolute atomic E-state index is 12.0. The Bertz CT molecular complexity index is 1210. The average Bonchev–Trinajstić information content (AvgIpc) is 2.90. The minimum Gasteiger partial charge on any atom is -0.466 e. The van der Waals surface area contributed by atoms with Crippen LogP contribution in [0.3, 0.4) is 0 Å². The van der Waals surface area contributed by atoms with Gasteiger partial charge in [0, 0.05) is 55.6 Å². The van der Waals surface area contributed by atoms with E-state index in [0.717, 1.165) is 44.1 Å². The molecule has 8 nitrogen and oxygen atoms in total. The molecule has 0 amide bonds. The first kappa shape index (κ1) is 28.5. The number of benzene rings is 2. The highest BCUT2D eigenvalue weighted by Crippen LogP contribution is 2.34. The topological polar surface area (TPSA) is 88.0 Å². The first-order valence-electron chi connectivity index (χ1n) is 12.1.